The summed E-state index contributed by atoms with van der Waals surface area (Å²) in [5.41, 5.74) is 0. The summed E-state index contributed by atoms with van der Waals surface area (Å²) < 4.78 is 16.7. The number of rotatable bonds is 6. The molecule has 1 N–H and O–H groups in total. The molecule has 0 spiro atoms. The van der Waals surface area contributed by atoms with Gasteiger partial charge in [0.05, 0.1) is 11.9 Å². The first-order chi connectivity index (χ1) is 7.17. The Morgan fingerprint density at radius 2 is 2.07 bits per heavy atom. The van der Waals surface area contributed by atoms with Gasteiger partial charge in [0.15, 0.2) is 0 Å². The lowest BCUT2D eigenvalue weighted by Gasteiger charge is -2.11. The monoisotopic (exact) mass is 246 g/mol. The highest BCUT2D eigenvalue weighted by atomic mass is 32.2. The van der Waals surface area contributed by atoms with Crippen LogP contribution in [-0.2, 0) is 9.09 Å². The fraction of sp³-hybridized carbons (Fsp3) is 0.400. The topological polar surface area (TPSA) is 46.5 Å². The van der Waals surface area contributed by atoms with Crippen molar-refractivity contribution < 1.29 is 14.0 Å². The standard InChI is InChI=1S/C10H15O3PS/c1-2-15-9-8-13-14(11,12)10-6-4-3-5-7-10/h3-7H,2,8-9H2,1H3,(H,11,12). The van der Waals surface area contributed by atoms with Gasteiger partial charge in [-0.25, -0.2) is 0 Å². The van der Waals surface area contributed by atoms with Crippen molar-refractivity contribution in [1.29, 1.82) is 0 Å². The molecule has 0 amide bonds. The van der Waals surface area contributed by atoms with Crippen LogP contribution in [-0.4, -0.2) is 23.0 Å². The molecule has 84 valence electrons. The van der Waals surface area contributed by atoms with E-state index >= 15 is 0 Å². The molecule has 0 aliphatic rings. The van der Waals surface area contributed by atoms with E-state index in [2.05, 4.69) is 0 Å². The molecule has 3 nitrogen and oxygen atoms in total. The third-order valence-electron chi connectivity index (χ3n) is 1.78. The molecule has 0 aliphatic heterocycles. The minimum atomic E-state index is -3.60. The summed E-state index contributed by atoms with van der Waals surface area (Å²) in [6.07, 6.45) is 0. The summed E-state index contributed by atoms with van der Waals surface area (Å²) in [5, 5.41) is 0.353. The van der Waals surface area contributed by atoms with Crippen molar-refractivity contribution in [3.63, 3.8) is 0 Å². The average Bonchev–Trinajstić information content (AvgIpc) is 2.26. The summed E-state index contributed by atoms with van der Waals surface area (Å²) in [5.74, 6) is 1.73. The van der Waals surface area contributed by atoms with Crippen molar-refractivity contribution in [3.05, 3.63) is 30.3 Å². The Morgan fingerprint density at radius 1 is 1.40 bits per heavy atom. The minimum absolute atomic E-state index is 0.307. The Morgan fingerprint density at radius 3 is 2.67 bits per heavy atom. The molecule has 1 rings (SSSR count). The zero-order valence-corrected chi connectivity index (χ0v) is 10.3. The van der Waals surface area contributed by atoms with Gasteiger partial charge < -0.3 is 9.42 Å². The fourth-order valence-corrected chi connectivity index (χ4v) is 2.71. The maximum atomic E-state index is 11.7. The molecule has 1 aromatic carbocycles. The zero-order valence-electron chi connectivity index (χ0n) is 8.63. The summed E-state index contributed by atoms with van der Waals surface area (Å²) in [6.45, 7) is 2.35. The van der Waals surface area contributed by atoms with Crippen molar-refractivity contribution >= 4 is 24.7 Å². The Bertz CT molecular complexity index is 329. The highest BCUT2D eigenvalue weighted by molar-refractivity contribution is 7.99. The lowest BCUT2D eigenvalue weighted by Crippen LogP contribution is -2.08. The number of hydrogen-bond acceptors (Lipinski definition) is 3. The van der Waals surface area contributed by atoms with Gasteiger partial charge in [-0.15, -0.1) is 0 Å². The third-order valence-corrected chi connectivity index (χ3v) is 4.13. The molecular formula is C10H15O3PS. The molecule has 0 saturated heterocycles. The highest BCUT2D eigenvalue weighted by Gasteiger charge is 2.21. The van der Waals surface area contributed by atoms with Crippen LogP contribution in [0.1, 0.15) is 6.92 Å². The van der Waals surface area contributed by atoms with Gasteiger partial charge in [0.1, 0.15) is 0 Å². The van der Waals surface area contributed by atoms with Gasteiger partial charge in [0, 0.05) is 5.75 Å². The quantitative estimate of drug-likeness (QED) is 0.618. The average molecular weight is 246 g/mol. The molecule has 1 atom stereocenters. The largest absolute Gasteiger partial charge is 0.358 e. The van der Waals surface area contributed by atoms with Crippen LogP contribution in [0.25, 0.3) is 0 Å². The fourth-order valence-electron chi connectivity index (χ4n) is 1.06. The van der Waals surface area contributed by atoms with Gasteiger partial charge >= 0.3 is 7.60 Å². The van der Waals surface area contributed by atoms with Crippen molar-refractivity contribution in [1.82, 2.24) is 0 Å². The van der Waals surface area contributed by atoms with Gasteiger partial charge in [-0.2, -0.15) is 11.8 Å². The Kier molecular flexibility index (Phi) is 5.40. The van der Waals surface area contributed by atoms with E-state index in [1.807, 2.05) is 6.92 Å². The molecular weight excluding hydrogens is 231 g/mol. The summed E-state index contributed by atoms with van der Waals surface area (Å²) in [4.78, 5) is 9.61. The third kappa shape index (κ3) is 4.39. The summed E-state index contributed by atoms with van der Waals surface area (Å²) >= 11 is 1.69. The van der Waals surface area contributed by atoms with Gasteiger partial charge in [-0.3, -0.25) is 4.57 Å². The van der Waals surface area contributed by atoms with E-state index in [1.54, 1.807) is 42.1 Å². The van der Waals surface area contributed by atoms with Crippen LogP contribution in [0.4, 0.5) is 0 Å². The maximum absolute atomic E-state index is 11.7. The molecule has 0 heterocycles. The first kappa shape index (κ1) is 12.8. The Balaban J connectivity index is 2.49. The normalized spacial score (nSPS) is 14.8. The van der Waals surface area contributed by atoms with E-state index in [0.29, 0.717) is 11.9 Å². The second-order valence-electron chi connectivity index (χ2n) is 2.89. The Hall–Kier alpha value is -0.280. The predicted molar refractivity (Wildman–Crippen MR) is 64.9 cm³/mol. The van der Waals surface area contributed by atoms with Gasteiger partial charge in [-0.1, -0.05) is 25.1 Å². The molecule has 0 aromatic heterocycles. The van der Waals surface area contributed by atoms with E-state index in [-0.39, 0.29) is 0 Å². The summed E-state index contributed by atoms with van der Waals surface area (Å²) in [7, 11) is -3.60. The molecule has 5 heteroatoms. The maximum Gasteiger partial charge on any atom is 0.358 e. The van der Waals surface area contributed by atoms with E-state index < -0.39 is 7.60 Å². The van der Waals surface area contributed by atoms with Crippen LogP contribution in [0.15, 0.2) is 30.3 Å². The number of hydrogen-bond donors (Lipinski definition) is 1. The molecule has 0 radical (unpaired) electrons. The SMILES string of the molecule is CCSCCOP(=O)(O)c1ccccc1. The van der Waals surface area contributed by atoms with Crippen molar-refractivity contribution in [2.45, 2.75) is 6.92 Å². The van der Waals surface area contributed by atoms with E-state index in [9.17, 15) is 9.46 Å². The van der Waals surface area contributed by atoms with E-state index in [0.717, 1.165) is 11.5 Å². The summed E-state index contributed by atoms with van der Waals surface area (Å²) in [6, 6.07) is 8.46. The molecule has 1 unspecified atom stereocenters. The Labute approximate surface area is 94.4 Å². The first-order valence-corrected chi connectivity index (χ1v) is 7.50. The zero-order chi connectivity index (χ0) is 11.1. The molecule has 0 aliphatic carbocycles. The second-order valence-corrected chi connectivity index (χ2v) is 6.10. The number of benzene rings is 1. The van der Waals surface area contributed by atoms with E-state index in [1.165, 1.54) is 0 Å². The molecule has 1 aromatic rings. The van der Waals surface area contributed by atoms with Gasteiger partial charge in [0.25, 0.3) is 0 Å². The smallest absolute Gasteiger partial charge is 0.321 e. The van der Waals surface area contributed by atoms with Crippen LogP contribution < -0.4 is 5.30 Å². The molecule has 0 saturated carbocycles. The molecule has 0 bridgehead atoms. The van der Waals surface area contributed by atoms with Crippen molar-refractivity contribution in [2.24, 2.45) is 0 Å². The number of thioether (sulfide) groups is 1. The lowest BCUT2D eigenvalue weighted by atomic mass is 10.4. The van der Waals surface area contributed by atoms with E-state index in [4.69, 9.17) is 4.52 Å². The molecule has 15 heavy (non-hydrogen) atoms. The predicted octanol–water partition coefficient (Wildman–Crippen LogP) is 2.27. The van der Waals surface area contributed by atoms with Crippen molar-refractivity contribution in [2.75, 3.05) is 18.1 Å². The van der Waals surface area contributed by atoms with Crippen LogP contribution in [0.5, 0.6) is 0 Å². The first-order valence-electron chi connectivity index (χ1n) is 4.77. The van der Waals surface area contributed by atoms with Crippen LogP contribution >= 0.6 is 19.4 Å². The lowest BCUT2D eigenvalue weighted by molar-refractivity contribution is 0.286. The van der Waals surface area contributed by atoms with Crippen molar-refractivity contribution in [3.8, 4) is 0 Å². The highest BCUT2D eigenvalue weighted by Crippen LogP contribution is 2.40. The van der Waals surface area contributed by atoms with Crippen LogP contribution in [0, 0.1) is 0 Å². The van der Waals surface area contributed by atoms with Gasteiger partial charge in [0.2, 0.25) is 0 Å². The minimum Gasteiger partial charge on any atom is -0.321 e. The van der Waals surface area contributed by atoms with Gasteiger partial charge in [-0.05, 0) is 17.9 Å². The van der Waals surface area contributed by atoms with Crippen LogP contribution in [0.3, 0.4) is 0 Å². The van der Waals surface area contributed by atoms with Crippen LogP contribution in [0.2, 0.25) is 0 Å². The molecule has 0 fully saturated rings. The second kappa shape index (κ2) is 6.33.